The maximum atomic E-state index is 13.4. The fourth-order valence-corrected chi connectivity index (χ4v) is 3.75. The van der Waals surface area contributed by atoms with E-state index >= 15 is 0 Å². The molecule has 1 fully saturated rings. The number of carbonyl (C=O) groups excluding carboxylic acids is 3. The second kappa shape index (κ2) is 11.3. The number of halogens is 1. The van der Waals surface area contributed by atoms with Crippen molar-refractivity contribution < 1.29 is 33.0 Å². The van der Waals surface area contributed by atoms with Crippen LogP contribution < -0.4 is 4.74 Å². The number of methoxy groups -OCH3 is 1. The predicted octanol–water partition coefficient (Wildman–Crippen LogP) is 3.93. The number of ether oxygens (including phenoxy) is 3. The van der Waals surface area contributed by atoms with Crippen LogP contribution in [0.4, 0.5) is 9.18 Å². The second-order valence-corrected chi connectivity index (χ2v) is 7.59. The fraction of sp³-hybridized carbons (Fsp3) is 0.375. The number of hydrogen-bond donors (Lipinski definition) is 0. The van der Waals surface area contributed by atoms with Crippen LogP contribution in [-0.4, -0.2) is 49.7 Å². The average molecular weight is 443 g/mol. The van der Waals surface area contributed by atoms with Crippen LogP contribution in [0, 0.1) is 11.7 Å². The maximum absolute atomic E-state index is 13.4. The Bertz CT molecular complexity index is 918. The van der Waals surface area contributed by atoms with Crippen molar-refractivity contribution in [3.05, 3.63) is 66.0 Å². The van der Waals surface area contributed by atoms with E-state index in [9.17, 15) is 18.8 Å². The molecule has 0 unspecified atom stereocenters. The minimum Gasteiger partial charge on any atom is -0.469 e. The van der Waals surface area contributed by atoms with E-state index < -0.39 is 18.0 Å². The Labute approximate surface area is 186 Å². The zero-order chi connectivity index (χ0) is 22.9. The summed E-state index contributed by atoms with van der Waals surface area (Å²) in [6, 6.07) is 15.0. The molecule has 2 aromatic carbocycles. The molecule has 1 saturated heterocycles. The standard InChI is InChI=1S/C24H26FNO6/c1-30-22(27)11-12-23(28)31-16-18-15-26(24(29)32-20-5-3-2-4-6-20)14-13-21(18)17-7-9-19(25)10-8-17/h2-10,18,21H,11-16H2,1H3/t18-,21-/m1/s1. The fourth-order valence-electron chi connectivity index (χ4n) is 3.75. The van der Waals surface area contributed by atoms with Crippen molar-refractivity contribution in [3.63, 3.8) is 0 Å². The van der Waals surface area contributed by atoms with E-state index in [1.54, 1.807) is 41.3 Å². The normalized spacial score (nSPS) is 18.0. The molecule has 1 aliphatic heterocycles. The van der Waals surface area contributed by atoms with Crippen LogP contribution in [0.2, 0.25) is 0 Å². The van der Waals surface area contributed by atoms with Gasteiger partial charge in [0.2, 0.25) is 0 Å². The van der Waals surface area contributed by atoms with Crippen molar-refractivity contribution in [1.82, 2.24) is 4.90 Å². The predicted molar refractivity (Wildman–Crippen MR) is 113 cm³/mol. The Morgan fingerprint density at radius 3 is 2.38 bits per heavy atom. The minimum absolute atomic E-state index is 0.0233. The highest BCUT2D eigenvalue weighted by molar-refractivity contribution is 5.77. The first-order valence-corrected chi connectivity index (χ1v) is 10.5. The summed E-state index contributed by atoms with van der Waals surface area (Å²) >= 11 is 0. The molecule has 0 N–H and O–H groups in total. The average Bonchev–Trinajstić information content (AvgIpc) is 2.82. The van der Waals surface area contributed by atoms with Crippen LogP contribution >= 0.6 is 0 Å². The molecule has 1 aliphatic rings. The first-order chi connectivity index (χ1) is 15.5. The number of likely N-dealkylation sites (tertiary alicyclic amines) is 1. The number of para-hydroxylation sites is 1. The van der Waals surface area contributed by atoms with Crippen molar-refractivity contribution in [3.8, 4) is 5.75 Å². The Hall–Kier alpha value is -3.42. The SMILES string of the molecule is COC(=O)CCC(=O)OC[C@H]1CN(C(=O)Oc2ccccc2)CC[C@@H]1c1ccc(F)cc1. The zero-order valence-corrected chi connectivity index (χ0v) is 17.9. The molecule has 2 atom stereocenters. The number of esters is 2. The molecule has 0 spiro atoms. The maximum Gasteiger partial charge on any atom is 0.415 e. The van der Waals surface area contributed by atoms with Crippen LogP contribution in [0.15, 0.2) is 54.6 Å². The largest absolute Gasteiger partial charge is 0.469 e. The monoisotopic (exact) mass is 443 g/mol. The lowest BCUT2D eigenvalue weighted by Gasteiger charge is -2.38. The third-order valence-corrected chi connectivity index (χ3v) is 5.46. The van der Waals surface area contributed by atoms with Crippen molar-refractivity contribution in [2.24, 2.45) is 5.92 Å². The zero-order valence-electron chi connectivity index (χ0n) is 17.9. The number of piperidine rings is 1. The van der Waals surface area contributed by atoms with Gasteiger partial charge < -0.3 is 19.1 Å². The molecule has 32 heavy (non-hydrogen) atoms. The van der Waals surface area contributed by atoms with Gasteiger partial charge in [0.15, 0.2) is 0 Å². The summed E-state index contributed by atoms with van der Waals surface area (Å²) in [6.45, 7) is 0.843. The smallest absolute Gasteiger partial charge is 0.415 e. The molecule has 2 aromatic rings. The Balaban J connectivity index is 1.66. The number of benzene rings is 2. The van der Waals surface area contributed by atoms with Gasteiger partial charge in [0, 0.05) is 19.0 Å². The molecule has 8 heteroatoms. The summed E-state index contributed by atoms with van der Waals surface area (Å²) in [5, 5.41) is 0. The molecule has 0 radical (unpaired) electrons. The van der Waals surface area contributed by atoms with Gasteiger partial charge in [-0.15, -0.1) is 0 Å². The molecule has 3 rings (SSSR count). The van der Waals surface area contributed by atoms with Crippen molar-refractivity contribution >= 4 is 18.0 Å². The van der Waals surface area contributed by atoms with Crippen molar-refractivity contribution in [2.75, 3.05) is 26.8 Å². The molecule has 0 saturated carbocycles. The topological polar surface area (TPSA) is 82.1 Å². The van der Waals surface area contributed by atoms with Gasteiger partial charge in [0.1, 0.15) is 11.6 Å². The van der Waals surface area contributed by atoms with Gasteiger partial charge in [-0.3, -0.25) is 9.59 Å². The lowest BCUT2D eigenvalue weighted by Crippen LogP contribution is -2.45. The van der Waals surface area contributed by atoms with Gasteiger partial charge in [-0.1, -0.05) is 30.3 Å². The van der Waals surface area contributed by atoms with Crippen LogP contribution in [0.25, 0.3) is 0 Å². The molecule has 1 amide bonds. The summed E-state index contributed by atoms with van der Waals surface area (Å²) in [5.41, 5.74) is 0.915. The molecular weight excluding hydrogens is 417 g/mol. The van der Waals surface area contributed by atoms with E-state index in [-0.39, 0.29) is 37.1 Å². The van der Waals surface area contributed by atoms with Gasteiger partial charge in [0.05, 0.1) is 26.6 Å². The van der Waals surface area contributed by atoms with E-state index in [1.165, 1.54) is 19.2 Å². The lowest BCUT2D eigenvalue weighted by molar-refractivity contribution is -0.150. The molecular formula is C24H26FNO6. The summed E-state index contributed by atoms with van der Waals surface area (Å²) in [5.74, 6) is -1.12. The van der Waals surface area contributed by atoms with Gasteiger partial charge in [-0.2, -0.15) is 0 Å². The van der Waals surface area contributed by atoms with Gasteiger partial charge >= 0.3 is 18.0 Å². The second-order valence-electron chi connectivity index (χ2n) is 7.59. The third kappa shape index (κ3) is 6.54. The Morgan fingerprint density at radius 1 is 1.00 bits per heavy atom. The minimum atomic E-state index is -0.516. The van der Waals surface area contributed by atoms with Crippen LogP contribution in [0.1, 0.15) is 30.7 Å². The number of nitrogens with zero attached hydrogens (tertiary/aromatic N) is 1. The third-order valence-electron chi connectivity index (χ3n) is 5.46. The first-order valence-electron chi connectivity index (χ1n) is 10.5. The number of rotatable bonds is 7. The summed E-state index contributed by atoms with van der Waals surface area (Å²) in [6.07, 6.45) is -0.00670. The highest BCUT2D eigenvalue weighted by Crippen LogP contribution is 2.34. The lowest BCUT2D eigenvalue weighted by atomic mass is 9.81. The summed E-state index contributed by atoms with van der Waals surface area (Å²) in [7, 11) is 1.26. The highest BCUT2D eigenvalue weighted by Gasteiger charge is 2.34. The quantitative estimate of drug-likeness (QED) is 0.603. The van der Waals surface area contributed by atoms with E-state index in [0.29, 0.717) is 25.3 Å². The van der Waals surface area contributed by atoms with Gasteiger partial charge in [0.25, 0.3) is 0 Å². The van der Waals surface area contributed by atoms with Crippen molar-refractivity contribution in [2.45, 2.75) is 25.2 Å². The van der Waals surface area contributed by atoms with Crippen LogP contribution in [0.5, 0.6) is 5.75 Å². The molecule has 0 aliphatic carbocycles. The number of carbonyl (C=O) groups is 3. The first kappa shape index (κ1) is 23.2. The summed E-state index contributed by atoms with van der Waals surface area (Å²) < 4.78 is 28.8. The van der Waals surface area contributed by atoms with E-state index in [0.717, 1.165) is 5.56 Å². The van der Waals surface area contributed by atoms with E-state index in [1.807, 2.05) is 6.07 Å². The van der Waals surface area contributed by atoms with E-state index in [2.05, 4.69) is 4.74 Å². The molecule has 170 valence electrons. The highest BCUT2D eigenvalue weighted by atomic mass is 19.1. The van der Waals surface area contributed by atoms with Crippen LogP contribution in [0.3, 0.4) is 0 Å². The van der Waals surface area contributed by atoms with E-state index in [4.69, 9.17) is 9.47 Å². The Kier molecular flexibility index (Phi) is 8.19. The Morgan fingerprint density at radius 2 is 1.69 bits per heavy atom. The number of amides is 1. The molecule has 1 heterocycles. The van der Waals surface area contributed by atoms with Crippen molar-refractivity contribution in [1.29, 1.82) is 0 Å². The molecule has 0 aromatic heterocycles. The van der Waals surface area contributed by atoms with Gasteiger partial charge in [-0.05, 0) is 42.2 Å². The van der Waals surface area contributed by atoms with Crippen LogP contribution in [-0.2, 0) is 19.1 Å². The van der Waals surface area contributed by atoms with Gasteiger partial charge in [-0.25, -0.2) is 9.18 Å². The number of hydrogen-bond acceptors (Lipinski definition) is 6. The summed E-state index contributed by atoms with van der Waals surface area (Å²) in [4.78, 5) is 37.5. The molecule has 0 bridgehead atoms. The molecule has 7 nitrogen and oxygen atoms in total.